The normalized spacial score (nSPS) is 14.4. The van der Waals surface area contributed by atoms with Crippen molar-refractivity contribution in [1.29, 1.82) is 0 Å². The molecule has 1 aliphatic carbocycles. The highest BCUT2D eigenvalue weighted by Gasteiger charge is 2.31. The lowest BCUT2D eigenvalue weighted by atomic mass is 10.1. The van der Waals surface area contributed by atoms with E-state index in [0.29, 0.717) is 23.0 Å². The molecule has 2 N–H and O–H groups in total. The Bertz CT molecular complexity index is 1070. The van der Waals surface area contributed by atoms with Gasteiger partial charge in [-0.3, -0.25) is 0 Å². The number of benzene rings is 2. The molecule has 0 bridgehead atoms. The number of aromatic nitrogens is 2. The number of rotatable bonds is 7. The number of ether oxygens (including phenoxy) is 1. The minimum absolute atomic E-state index is 0.290. The van der Waals surface area contributed by atoms with Crippen LogP contribution in [0.3, 0.4) is 0 Å². The molecule has 3 aromatic rings. The maximum absolute atomic E-state index is 12.7. The van der Waals surface area contributed by atoms with Crippen molar-refractivity contribution in [1.82, 2.24) is 9.97 Å². The summed E-state index contributed by atoms with van der Waals surface area (Å²) in [6, 6.07) is 15.7. The van der Waals surface area contributed by atoms with Crippen LogP contribution in [0.4, 0.5) is 30.6 Å². The fourth-order valence-corrected chi connectivity index (χ4v) is 4.14. The summed E-state index contributed by atoms with van der Waals surface area (Å²) in [5.41, 5.74) is 1.86. The topological polar surface area (TPSA) is 59.1 Å². The summed E-state index contributed by atoms with van der Waals surface area (Å²) >= 11 is 1.63. The first-order valence-corrected chi connectivity index (χ1v) is 11.5. The van der Waals surface area contributed by atoms with Crippen molar-refractivity contribution in [2.24, 2.45) is 0 Å². The van der Waals surface area contributed by atoms with Gasteiger partial charge in [0, 0.05) is 28.3 Å². The van der Waals surface area contributed by atoms with E-state index in [0.717, 1.165) is 36.3 Å². The summed E-state index contributed by atoms with van der Waals surface area (Å²) in [5, 5.41) is 6.67. The molecule has 9 heteroatoms. The van der Waals surface area contributed by atoms with Gasteiger partial charge < -0.3 is 15.4 Å². The molecule has 4 rings (SSSR count). The maximum Gasteiger partial charge on any atom is 0.573 e. The number of nitrogens with one attached hydrogen (secondary N) is 2. The van der Waals surface area contributed by atoms with E-state index >= 15 is 0 Å². The van der Waals surface area contributed by atoms with E-state index in [-0.39, 0.29) is 11.8 Å². The molecule has 2 aromatic carbocycles. The zero-order valence-corrected chi connectivity index (χ0v) is 18.3. The summed E-state index contributed by atoms with van der Waals surface area (Å²) in [6.45, 7) is 0. The quantitative estimate of drug-likeness (QED) is 0.376. The molecule has 0 amide bonds. The molecule has 0 atom stereocenters. The van der Waals surface area contributed by atoms with Crippen molar-refractivity contribution in [3.63, 3.8) is 0 Å². The Balaban J connectivity index is 1.67. The van der Waals surface area contributed by atoms with Crippen molar-refractivity contribution < 1.29 is 17.9 Å². The molecule has 0 saturated heterocycles. The zero-order chi connectivity index (χ0) is 22.6. The number of hydrogen-bond acceptors (Lipinski definition) is 6. The lowest BCUT2D eigenvalue weighted by Crippen LogP contribution is -2.17. The fourth-order valence-electron chi connectivity index (χ4n) is 3.68. The molecular weight excluding hydrogens is 437 g/mol. The third kappa shape index (κ3) is 6.06. The Kier molecular flexibility index (Phi) is 6.74. The number of alkyl halides is 3. The highest BCUT2D eigenvalue weighted by Crippen LogP contribution is 2.30. The van der Waals surface area contributed by atoms with E-state index in [4.69, 9.17) is 0 Å². The molecule has 32 heavy (non-hydrogen) atoms. The Morgan fingerprint density at radius 1 is 1.00 bits per heavy atom. The second kappa shape index (κ2) is 9.68. The zero-order valence-electron chi connectivity index (χ0n) is 17.4. The first-order valence-electron chi connectivity index (χ1n) is 10.3. The van der Waals surface area contributed by atoms with E-state index in [1.807, 2.05) is 30.5 Å². The van der Waals surface area contributed by atoms with Gasteiger partial charge >= 0.3 is 6.36 Å². The van der Waals surface area contributed by atoms with Crippen molar-refractivity contribution in [3.05, 3.63) is 54.6 Å². The largest absolute Gasteiger partial charge is 0.573 e. The predicted octanol–water partition coefficient (Wildman–Crippen LogP) is 6.86. The van der Waals surface area contributed by atoms with E-state index < -0.39 is 6.36 Å². The molecule has 1 heterocycles. The summed E-state index contributed by atoms with van der Waals surface area (Å²) in [7, 11) is 0. The van der Waals surface area contributed by atoms with Crippen molar-refractivity contribution in [2.75, 3.05) is 16.9 Å². The molecule has 1 saturated carbocycles. The minimum Gasteiger partial charge on any atom is -0.406 e. The smallest absolute Gasteiger partial charge is 0.406 e. The van der Waals surface area contributed by atoms with Crippen LogP contribution in [0.15, 0.2) is 59.5 Å². The Morgan fingerprint density at radius 3 is 2.53 bits per heavy atom. The van der Waals surface area contributed by atoms with Gasteiger partial charge in [0.25, 0.3) is 0 Å². The maximum atomic E-state index is 12.7. The lowest BCUT2D eigenvalue weighted by Gasteiger charge is -2.16. The summed E-state index contributed by atoms with van der Waals surface area (Å²) in [5.74, 6) is 0.706. The predicted molar refractivity (Wildman–Crippen MR) is 122 cm³/mol. The molecule has 0 unspecified atom stereocenters. The van der Waals surface area contributed by atoms with Crippen LogP contribution in [0.1, 0.15) is 25.7 Å². The van der Waals surface area contributed by atoms with Crippen LogP contribution in [0.25, 0.3) is 11.3 Å². The third-order valence-corrected chi connectivity index (χ3v) is 5.85. The average Bonchev–Trinajstić information content (AvgIpc) is 3.26. The van der Waals surface area contributed by atoms with Crippen LogP contribution in [0, 0.1) is 0 Å². The second-order valence-corrected chi connectivity index (χ2v) is 8.40. The van der Waals surface area contributed by atoms with Gasteiger partial charge in [-0.1, -0.05) is 31.0 Å². The Labute approximate surface area is 188 Å². The van der Waals surface area contributed by atoms with Crippen molar-refractivity contribution in [2.45, 2.75) is 43.0 Å². The summed E-state index contributed by atoms with van der Waals surface area (Å²) in [6.07, 6.45) is 1.64. The van der Waals surface area contributed by atoms with Crippen LogP contribution in [0.2, 0.25) is 0 Å². The number of hydrogen-bond donors (Lipinski definition) is 2. The highest BCUT2D eigenvalue weighted by molar-refractivity contribution is 7.98. The number of anilines is 3. The molecule has 0 aliphatic heterocycles. The fraction of sp³-hybridized carbons (Fsp3) is 0.304. The second-order valence-electron chi connectivity index (χ2n) is 7.52. The molecule has 1 aromatic heterocycles. The van der Waals surface area contributed by atoms with Gasteiger partial charge in [-0.2, -0.15) is 4.98 Å². The molecule has 168 valence electrons. The van der Waals surface area contributed by atoms with Gasteiger partial charge in [-0.05, 0) is 49.4 Å². The standard InChI is InChI=1S/C23H23F3N4OS/c1-32-19-11-5-9-17(13-19)27-21-14-20(29-22(30-21)28-16-7-2-3-8-16)15-6-4-10-18(12-15)31-23(24,25)26/h4-6,9-14,16H,2-3,7-8H2,1H3,(H2,27,28,29,30). The van der Waals surface area contributed by atoms with Crippen molar-refractivity contribution in [3.8, 4) is 17.0 Å². The number of nitrogens with zero attached hydrogens (tertiary/aromatic N) is 2. The van der Waals surface area contributed by atoms with E-state index in [9.17, 15) is 13.2 Å². The van der Waals surface area contributed by atoms with E-state index in [2.05, 4.69) is 25.3 Å². The van der Waals surface area contributed by atoms with Crippen LogP contribution in [-0.2, 0) is 0 Å². The van der Waals surface area contributed by atoms with Gasteiger partial charge in [0.1, 0.15) is 11.6 Å². The minimum atomic E-state index is -4.76. The average molecular weight is 461 g/mol. The van der Waals surface area contributed by atoms with E-state index in [1.54, 1.807) is 23.9 Å². The van der Waals surface area contributed by atoms with Crippen LogP contribution in [-0.4, -0.2) is 28.6 Å². The molecule has 1 aliphatic rings. The number of thioether (sulfide) groups is 1. The Hall–Kier alpha value is -2.94. The van der Waals surface area contributed by atoms with Crippen LogP contribution in [0.5, 0.6) is 5.75 Å². The van der Waals surface area contributed by atoms with Crippen LogP contribution < -0.4 is 15.4 Å². The highest BCUT2D eigenvalue weighted by atomic mass is 32.2. The first kappa shape index (κ1) is 22.3. The molecule has 1 fully saturated rings. The van der Waals surface area contributed by atoms with Gasteiger partial charge in [0.15, 0.2) is 0 Å². The van der Waals surface area contributed by atoms with Gasteiger partial charge in [-0.15, -0.1) is 24.9 Å². The number of halogens is 3. The van der Waals surface area contributed by atoms with E-state index in [1.165, 1.54) is 18.2 Å². The SMILES string of the molecule is CSc1cccc(Nc2cc(-c3cccc(OC(F)(F)F)c3)nc(NC3CCCC3)n2)c1. The van der Waals surface area contributed by atoms with Gasteiger partial charge in [0.05, 0.1) is 5.69 Å². The summed E-state index contributed by atoms with van der Waals surface area (Å²) in [4.78, 5) is 10.3. The summed E-state index contributed by atoms with van der Waals surface area (Å²) < 4.78 is 42.1. The molecule has 0 spiro atoms. The van der Waals surface area contributed by atoms with Crippen LogP contribution >= 0.6 is 11.8 Å². The van der Waals surface area contributed by atoms with Gasteiger partial charge in [-0.25, -0.2) is 4.98 Å². The molecular formula is C23H23F3N4OS. The molecule has 0 radical (unpaired) electrons. The van der Waals surface area contributed by atoms with Gasteiger partial charge in [0.2, 0.25) is 5.95 Å². The Morgan fingerprint density at radius 2 is 1.78 bits per heavy atom. The lowest BCUT2D eigenvalue weighted by molar-refractivity contribution is -0.274. The first-order chi connectivity index (χ1) is 15.4. The monoisotopic (exact) mass is 460 g/mol. The van der Waals surface area contributed by atoms with Crippen molar-refractivity contribution >= 4 is 29.2 Å². The third-order valence-electron chi connectivity index (χ3n) is 5.12. The molecule has 5 nitrogen and oxygen atoms in total.